The highest BCUT2D eigenvalue weighted by Gasteiger charge is 2.15. The second kappa shape index (κ2) is 5.35. The van der Waals surface area contributed by atoms with Gasteiger partial charge in [0.1, 0.15) is 9.49 Å². The maximum atomic E-state index is 11.6. The number of aromatic nitrogens is 2. The molecule has 0 atom stereocenters. The van der Waals surface area contributed by atoms with E-state index < -0.39 is 5.97 Å². The van der Waals surface area contributed by atoms with Gasteiger partial charge in [-0.1, -0.05) is 34.8 Å². The number of hydrogen-bond donors (Lipinski definition) is 0. The molecule has 1 aromatic heterocycles. The molecule has 0 spiro atoms. The first-order valence-electron chi connectivity index (χ1n) is 4.46. The standard InChI is InChI=1S/C10H7IN2O2S/c11-9-8(12-13-16-9)10(14)15-6-7-4-2-1-3-5-7/h1-5H,6H2. The van der Waals surface area contributed by atoms with Gasteiger partial charge >= 0.3 is 5.97 Å². The van der Waals surface area contributed by atoms with Crippen molar-refractivity contribution in [3.8, 4) is 0 Å². The second-order valence-corrected chi connectivity index (χ2v) is 5.52. The Kier molecular flexibility index (Phi) is 3.83. The molecule has 4 nitrogen and oxygen atoms in total. The van der Waals surface area contributed by atoms with Crippen LogP contribution in [-0.2, 0) is 11.3 Å². The molecule has 0 saturated heterocycles. The van der Waals surface area contributed by atoms with Gasteiger partial charge in [0, 0.05) is 0 Å². The molecule has 0 aliphatic heterocycles. The van der Waals surface area contributed by atoms with Crippen LogP contribution in [0.2, 0.25) is 0 Å². The minimum atomic E-state index is -0.429. The van der Waals surface area contributed by atoms with Crippen molar-refractivity contribution in [1.29, 1.82) is 0 Å². The number of carbonyl (C=O) groups excluding carboxylic acids is 1. The van der Waals surface area contributed by atoms with Crippen molar-refractivity contribution < 1.29 is 9.53 Å². The number of carbonyl (C=O) groups is 1. The van der Waals surface area contributed by atoms with Crippen molar-refractivity contribution in [1.82, 2.24) is 9.59 Å². The molecule has 82 valence electrons. The number of ether oxygens (including phenoxy) is 1. The second-order valence-electron chi connectivity index (χ2n) is 2.96. The van der Waals surface area contributed by atoms with Gasteiger partial charge in [-0.2, -0.15) is 0 Å². The van der Waals surface area contributed by atoms with Crippen molar-refractivity contribution in [2.75, 3.05) is 0 Å². The molecule has 0 aliphatic rings. The molecule has 0 amide bonds. The number of nitrogens with zero attached hydrogens (tertiary/aromatic N) is 2. The first-order valence-corrected chi connectivity index (χ1v) is 6.31. The summed E-state index contributed by atoms with van der Waals surface area (Å²) in [7, 11) is 0. The van der Waals surface area contributed by atoms with Crippen LogP contribution < -0.4 is 0 Å². The molecule has 2 rings (SSSR count). The topological polar surface area (TPSA) is 52.1 Å². The third-order valence-electron chi connectivity index (χ3n) is 1.85. The predicted octanol–water partition coefficient (Wildman–Crippen LogP) is 2.50. The number of esters is 1. The molecule has 6 heteroatoms. The molecule has 1 heterocycles. The van der Waals surface area contributed by atoms with Crippen molar-refractivity contribution in [2.45, 2.75) is 6.61 Å². The summed E-state index contributed by atoms with van der Waals surface area (Å²) in [6, 6.07) is 9.52. The summed E-state index contributed by atoms with van der Waals surface area (Å²) in [5.41, 5.74) is 1.25. The lowest BCUT2D eigenvalue weighted by Gasteiger charge is -2.02. The van der Waals surface area contributed by atoms with Gasteiger partial charge in [0.05, 0.1) is 0 Å². The first-order chi connectivity index (χ1) is 7.77. The van der Waals surface area contributed by atoms with Crippen LogP contribution in [0.5, 0.6) is 0 Å². The van der Waals surface area contributed by atoms with Gasteiger partial charge in [-0.15, -0.1) is 5.10 Å². The van der Waals surface area contributed by atoms with E-state index in [1.165, 1.54) is 11.5 Å². The third kappa shape index (κ3) is 2.76. The zero-order valence-corrected chi connectivity index (χ0v) is 11.1. The van der Waals surface area contributed by atoms with E-state index in [2.05, 4.69) is 9.59 Å². The number of rotatable bonds is 3. The van der Waals surface area contributed by atoms with Gasteiger partial charge < -0.3 is 4.74 Å². The Bertz CT molecular complexity index is 487. The summed E-state index contributed by atoms with van der Waals surface area (Å²) in [6.07, 6.45) is 0. The monoisotopic (exact) mass is 346 g/mol. The zero-order chi connectivity index (χ0) is 11.4. The molecular formula is C10H7IN2O2S. The lowest BCUT2D eigenvalue weighted by molar-refractivity contribution is 0.0464. The Balaban J connectivity index is 1.97. The first kappa shape index (κ1) is 11.5. The summed E-state index contributed by atoms with van der Waals surface area (Å²) >= 11 is 3.20. The lowest BCUT2D eigenvalue weighted by Crippen LogP contribution is -2.07. The SMILES string of the molecule is O=C(OCc1ccccc1)c1nnsc1I. The van der Waals surface area contributed by atoms with E-state index >= 15 is 0 Å². The molecule has 1 aromatic carbocycles. The van der Waals surface area contributed by atoms with Crippen LogP contribution in [0.25, 0.3) is 0 Å². The summed E-state index contributed by atoms with van der Waals surface area (Å²) in [4.78, 5) is 11.6. The quantitative estimate of drug-likeness (QED) is 0.633. The average molecular weight is 346 g/mol. The van der Waals surface area contributed by atoms with Crippen LogP contribution in [0.4, 0.5) is 0 Å². The molecule has 0 radical (unpaired) electrons. The summed E-state index contributed by atoms with van der Waals surface area (Å²) in [5.74, 6) is -0.429. The normalized spacial score (nSPS) is 10.1. The Morgan fingerprint density at radius 1 is 1.38 bits per heavy atom. The van der Waals surface area contributed by atoms with Crippen molar-refractivity contribution in [3.63, 3.8) is 0 Å². The molecule has 0 saturated carbocycles. The van der Waals surface area contributed by atoms with Gasteiger partial charge in [0.2, 0.25) is 0 Å². The van der Waals surface area contributed by atoms with E-state index in [4.69, 9.17) is 4.74 Å². The van der Waals surface area contributed by atoms with Gasteiger partial charge in [0.15, 0.2) is 5.69 Å². The van der Waals surface area contributed by atoms with E-state index in [0.717, 1.165) is 8.45 Å². The Hall–Kier alpha value is -1.02. The van der Waals surface area contributed by atoms with Crippen molar-refractivity contribution in [2.24, 2.45) is 0 Å². The van der Waals surface area contributed by atoms with E-state index in [1.54, 1.807) is 0 Å². The smallest absolute Gasteiger partial charge is 0.361 e. The number of benzene rings is 1. The minimum absolute atomic E-state index is 0.257. The highest BCUT2D eigenvalue weighted by molar-refractivity contribution is 14.1. The van der Waals surface area contributed by atoms with Crippen molar-refractivity contribution >= 4 is 40.1 Å². The fourth-order valence-corrected chi connectivity index (χ4v) is 2.09. The molecule has 2 aromatic rings. The fourth-order valence-electron chi connectivity index (χ4n) is 1.09. The molecule has 16 heavy (non-hydrogen) atoms. The number of halogens is 1. The highest BCUT2D eigenvalue weighted by atomic mass is 127. The third-order valence-corrected chi connectivity index (χ3v) is 3.47. The maximum Gasteiger partial charge on any atom is 0.361 e. The molecule has 0 aliphatic carbocycles. The van der Waals surface area contributed by atoms with E-state index in [1.807, 2.05) is 52.9 Å². The Morgan fingerprint density at radius 3 is 2.75 bits per heavy atom. The molecule has 0 bridgehead atoms. The fraction of sp³-hybridized carbons (Fsp3) is 0.100. The summed E-state index contributed by atoms with van der Waals surface area (Å²) in [5, 5.41) is 3.71. The maximum absolute atomic E-state index is 11.6. The summed E-state index contributed by atoms with van der Waals surface area (Å²) in [6.45, 7) is 0.257. The van der Waals surface area contributed by atoms with Crippen LogP contribution in [0.1, 0.15) is 16.1 Å². The molecular weight excluding hydrogens is 339 g/mol. The number of hydrogen-bond acceptors (Lipinski definition) is 5. The van der Waals surface area contributed by atoms with Crippen LogP contribution in [-0.4, -0.2) is 15.6 Å². The van der Waals surface area contributed by atoms with Crippen LogP contribution in [0.3, 0.4) is 0 Å². The van der Waals surface area contributed by atoms with E-state index in [0.29, 0.717) is 5.69 Å². The Labute approximate surface area is 110 Å². The van der Waals surface area contributed by atoms with Gasteiger partial charge in [-0.3, -0.25) is 0 Å². The highest BCUT2D eigenvalue weighted by Crippen LogP contribution is 2.14. The predicted molar refractivity (Wildman–Crippen MR) is 68.2 cm³/mol. The zero-order valence-electron chi connectivity index (χ0n) is 8.09. The van der Waals surface area contributed by atoms with Gasteiger partial charge in [0.25, 0.3) is 0 Å². The molecule has 0 fully saturated rings. The largest absolute Gasteiger partial charge is 0.456 e. The summed E-state index contributed by atoms with van der Waals surface area (Å²) < 4.78 is 9.54. The van der Waals surface area contributed by atoms with Crippen LogP contribution >= 0.6 is 34.1 Å². The van der Waals surface area contributed by atoms with Crippen LogP contribution in [0.15, 0.2) is 30.3 Å². The van der Waals surface area contributed by atoms with Crippen molar-refractivity contribution in [3.05, 3.63) is 44.5 Å². The van der Waals surface area contributed by atoms with Gasteiger partial charge in [-0.25, -0.2) is 4.79 Å². The van der Waals surface area contributed by atoms with E-state index in [9.17, 15) is 4.79 Å². The molecule has 0 unspecified atom stereocenters. The average Bonchev–Trinajstić information content (AvgIpc) is 2.74. The lowest BCUT2D eigenvalue weighted by atomic mass is 10.2. The van der Waals surface area contributed by atoms with E-state index in [-0.39, 0.29) is 6.61 Å². The van der Waals surface area contributed by atoms with Crippen LogP contribution in [0, 0.1) is 2.88 Å². The minimum Gasteiger partial charge on any atom is -0.456 e. The Morgan fingerprint density at radius 2 is 2.12 bits per heavy atom. The van der Waals surface area contributed by atoms with Gasteiger partial charge in [-0.05, 0) is 39.7 Å². The molecule has 0 N–H and O–H groups in total.